The fourth-order valence-corrected chi connectivity index (χ4v) is 4.59. The molecule has 5 aromatic rings. The molecule has 0 aliphatic carbocycles. The van der Waals surface area contributed by atoms with Gasteiger partial charge in [0.2, 0.25) is 5.88 Å². The molecule has 2 aromatic carbocycles. The summed E-state index contributed by atoms with van der Waals surface area (Å²) in [5, 5.41) is 5.43. The van der Waals surface area contributed by atoms with Crippen molar-refractivity contribution in [1.82, 2.24) is 15.1 Å². The van der Waals surface area contributed by atoms with E-state index in [1.165, 1.54) is 19.4 Å². The minimum absolute atomic E-state index is 0.309. The van der Waals surface area contributed by atoms with Crippen LogP contribution in [0.25, 0.3) is 33.2 Å². The summed E-state index contributed by atoms with van der Waals surface area (Å²) in [5.41, 5.74) is 2.64. The molecule has 1 atom stereocenters. The first-order chi connectivity index (χ1) is 17.1. The second kappa shape index (κ2) is 9.51. The van der Waals surface area contributed by atoms with Gasteiger partial charge >= 0.3 is 0 Å². The molecule has 1 N–H and O–H groups in total. The molecule has 3 aromatic heterocycles. The Morgan fingerprint density at radius 1 is 0.971 bits per heavy atom. The summed E-state index contributed by atoms with van der Waals surface area (Å²) in [4.78, 5) is 9.16. The van der Waals surface area contributed by atoms with Crippen LogP contribution < -0.4 is 14.2 Å². The molecule has 1 unspecified atom stereocenters. The van der Waals surface area contributed by atoms with Gasteiger partial charge in [-0.25, -0.2) is 13.6 Å². The van der Waals surface area contributed by atoms with Crippen LogP contribution in [0.1, 0.15) is 0 Å². The van der Waals surface area contributed by atoms with Crippen LogP contribution in [0, 0.1) is 5.82 Å². The first-order valence-corrected chi connectivity index (χ1v) is 11.6. The topological polar surface area (TPSA) is 99.4 Å². The number of pyridine rings is 2. The maximum absolute atomic E-state index is 13.9. The van der Waals surface area contributed by atoms with Gasteiger partial charge in [-0.15, -0.1) is 0 Å². The predicted molar refractivity (Wildman–Crippen MR) is 130 cm³/mol. The van der Waals surface area contributed by atoms with Crippen molar-refractivity contribution in [3.8, 4) is 34.0 Å². The fraction of sp³-hybridized carbons (Fsp3) is 0.0800. The number of nitrogens with one attached hydrogen (secondary N) is 1. The summed E-state index contributed by atoms with van der Waals surface area (Å²) in [6, 6.07) is 15.7. The lowest BCUT2D eigenvalue weighted by Gasteiger charge is -2.14. The lowest BCUT2D eigenvalue weighted by atomic mass is 9.99. The van der Waals surface area contributed by atoms with Gasteiger partial charge in [0.25, 0.3) is 0 Å². The van der Waals surface area contributed by atoms with E-state index in [1.54, 1.807) is 31.5 Å². The van der Waals surface area contributed by atoms with Crippen molar-refractivity contribution in [1.29, 1.82) is 0 Å². The van der Waals surface area contributed by atoms with Crippen LogP contribution in [0.5, 0.6) is 11.6 Å². The van der Waals surface area contributed by atoms with E-state index in [0.29, 0.717) is 39.2 Å². The van der Waals surface area contributed by atoms with E-state index in [9.17, 15) is 8.60 Å². The van der Waals surface area contributed by atoms with Crippen LogP contribution in [-0.2, 0) is 11.0 Å². The highest BCUT2D eigenvalue weighted by Gasteiger charge is 2.16. The summed E-state index contributed by atoms with van der Waals surface area (Å²) in [6.07, 6.45) is 4.19. The molecule has 0 bridgehead atoms. The summed E-state index contributed by atoms with van der Waals surface area (Å²) >= 11 is 0. The van der Waals surface area contributed by atoms with Gasteiger partial charge in [0.15, 0.2) is 16.8 Å². The van der Waals surface area contributed by atoms with Crippen molar-refractivity contribution in [3.63, 3.8) is 0 Å². The Balaban J connectivity index is 1.55. The van der Waals surface area contributed by atoms with Crippen LogP contribution in [0.3, 0.4) is 0 Å². The van der Waals surface area contributed by atoms with Crippen molar-refractivity contribution in [2.45, 2.75) is 4.90 Å². The highest BCUT2D eigenvalue weighted by molar-refractivity contribution is 7.86. The largest absolute Gasteiger partial charge is 0.496 e. The Morgan fingerprint density at radius 3 is 2.63 bits per heavy atom. The molecule has 0 saturated carbocycles. The summed E-state index contributed by atoms with van der Waals surface area (Å²) in [6.45, 7) is 0. The maximum Gasteiger partial charge on any atom is 0.221 e. The van der Waals surface area contributed by atoms with Gasteiger partial charge in [0, 0.05) is 28.8 Å². The fourth-order valence-electron chi connectivity index (χ4n) is 3.76. The molecule has 0 saturated heterocycles. The predicted octanol–water partition coefficient (Wildman–Crippen LogP) is 5.24. The molecular formula is C25H19FN4O4S. The van der Waals surface area contributed by atoms with Crippen molar-refractivity contribution >= 4 is 27.6 Å². The SMILES string of the molecule is COc1cc(-c2cc(F)cnc2OC)ccc1-c1nccc2cc(S(=O)Nc3ccon3)ccc12. The van der Waals surface area contributed by atoms with Crippen LogP contribution in [0.15, 0.2) is 82.7 Å². The van der Waals surface area contributed by atoms with Gasteiger partial charge in [-0.2, -0.15) is 0 Å². The summed E-state index contributed by atoms with van der Waals surface area (Å²) in [5.74, 6) is 0.776. The van der Waals surface area contributed by atoms with Crippen molar-refractivity contribution in [2.75, 3.05) is 18.9 Å². The van der Waals surface area contributed by atoms with Gasteiger partial charge in [0.1, 0.15) is 17.8 Å². The smallest absolute Gasteiger partial charge is 0.221 e. The number of hydrogen-bond acceptors (Lipinski definition) is 7. The number of benzene rings is 2. The molecule has 0 amide bonds. The zero-order chi connectivity index (χ0) is 24.4. The lowest BCUT2D eigenvalue weighted by molar-refractivity contribution is 0.397. The van der Waals surface area contributed by atoms with Crippen LogP contribution in [0.4, 0.5) is 10.2 Å². The molecule has 10 heteroatoms. The quantitative estimate of drug-likeness (QED) is 0.333. The second-order valence-electron chi connectivity index (χ2n) is 7.42. The van der Waals surface area contributed by atoms with Gasteiger partial charge in [0.05, 0.1) is 31.0 Å². The Hall–Kier alpha value is -4.31. The van der Waals surface area contributed by atoms with Crippen LogP contribution in [-0.4, -0.2) is 33.6 Å². The average molecular weight is 491 g/mol. The van der Waals surface area contributed by atoms with E-state index in [0.717, 1.165) is 22.5 Å². The second-order valence-corrected chi connectivity index (χ2v) is 8.64. The Kier molecular flexibility index (Phi) is 6.11. The first kappa shape index (κ1) is 22.5. The molecule has 35 heavy (non-hydrogen) atoms. The Labute approximate surface area is 202 Å². The summed E-state index contributed by atoms with van der Waals surface area (Å²) in [7, 11) is 1.52. The Bertz CT molecular complexity index is 1540. The normalized spacial score (nSPS) is 11.9. The monoisotopic (exact) mass is 490 g/mol. The Morgan fingerprint density at radius 2 is 1.86 bits per heavy atom. The molecule has 0 spiro atoms. The lowest BCUT2D eigenvalue weighted by Crippen LogP contribution is -2.04. The van der Waals surface area contributed by atoms with E-state index in [2.05, 4.69) is 19.8 Å². The van der Waals surface area contributed by atoms with E-state index in [1.807, 2.05) is 30.3 Å². The molecule has 5 rings (SSSR count). The van der Waals surface area contributed by atoms with E-state index < -0.39 is 16.8 Å². The zero-order valence-corrected chi connectivity index (χ0v) is 19.5. The van der Waals surface area contributed by atoms with E-state index in [-0.39, 0.29) is 0 Å². The summed E-state index contributed by atoms with van der Waals surface area (Å²) < 4.78 is 45.1. The molecule has 176 valence electrons. The van der Waals surface area contributed by atoms with E-state index >= 15 is 0 Å². The molecule has 0 aliphatic heterocycles. The standard InChI is InChI=1S/C25H19FN4O4S/c1-32-22-12-15(21-13-17(26)14-28-25(21)33-2)3-5-20(22)24-19-6-4-18(11-16(19)7-9-27-24)35(31)30-23-8-10-34-29-23/h3-14H,1-2H3,(H,29,30). The van der Waals surface area contributed by atoms with Crippen molar-refractivity contribution < 1.29 is 22.6 Å². The van der Waals surface area contributed by atoms with Crippen LogP contribution >= 0.6 is 0 Å². The van der Waals surface area contributed by atoms with Gasteiger partial charge in [-0.05, 0) is 47.3 Å². The van der Waals surface area contributed by atoms with Crippen molar-refractivity contribution in [2.24, 2.45) is 0 Å². The zero-order valence-electron chi connectivity index (χ0n) is 18.7. The number of nitrogens with zero attached hydrogens (tertiary/aromatic N) is 3. The number of halogens is 1. The van der Waals surface area contributed by atoms with Gasteiger partial charge in [-0.1, -0.05) is 17.3 Å². The third kappa shape index (κ3) is 4.43. The number of aromatic nitrogens is 3. The van der Waals surface area contributed by atoms with Gasteiger partial charge < -0.3 is 14.0 Å². The number of rotatable bonds is 7. The number of anilines is 1. The highest BCUT2D eigenvalue weighted by atomic mass is 32.2. The third-order valence-corrected chi connectivity index (χ3v) is 6.44. The third-order valence-electron chi connectivity index (χ3n) is 5.36. The molecule has 8 nitrogen and oxygen atoms in total. The van der Waals surface area contributed by atoms with Gasteiger partial charge in [-0.3, -0.25) is 9.71 Å². The minimum Gasteiger partial charge on any atom is -0.496 e. The van der Waals surface area contributed by atoms with Crippen molar-refractivity contribution in [3.05, 3.63) is 79.1 Å². The molecular weight excluding hydrogens is 471 g/mol. The molecule has 0 fully saturated rings. The average Bonchev–Trinajstić information content (AvgIpc) is 3.40. The number of methoxy groups -OCH3 is 2. The first-order valence-electron chi connectivity index (χ1n) is 10.4. The number of fused-ring (bicyclic) bond motifs is 1. The molecule has 3 heterocycles. The maximum atomic E-state index is 13.9. The number of ether oxygens (including phenoxy) is 2. The molecule has 0 radical (unpaired) electrons. The highest BCUT2D eigenvalue weighted by Crippen LogP contribution is 2.38. The minimum atomic E-state index is -1.52. The molecule has 0 aliphatic rings. The van der Waals surface area contributed by atoms with Crippen LogP contribution in [0.2, 0.25) is 0 Å². The van der Waals surface area contributed by atoms with E-state index in [4.69, 9.17) is 14.0 Å². The number of hydrogen-bond donors (Lipinski definition) is 1.